The highest BCUT2D eigenvalue weighted by Gasteiger charge is 2.22. The topological polar surface area (TPSA) is 38.8 Å². The fourth-order valence-corrected chi connectivity index (χ4v) is 2.88. The lowest BCUT2D eigenvalue weighted by molar-refractivity contribution is -0.902. The molecule has 3 nitrogen and oxygen atoms in total. The summed E-state index contributed by atoms with van der Waals surface area (Å²) >= 11 is 0. The van der Waals surface area contributed by atoms with Crippen LogP contribution < -0.4 is 9.88 Å². The number of rotatable bonds is 6. The van der Waals surface area contributed by atoms with Crippen molar-refractivity contribution < 1.29 is 15.0 Å². The molecule has 0 aliphatic carbocycles. The summed E-state index contributed by atoms with van der Waals surface area (Å²) in [7, 11) is 0. The molecular formula is C19H26N2O+2. The Morgan fingerprint density at radius 2 is 1.77 bits per heavy atom. The quantitative estimate of drug-likeness (QED) is 0.787. The number of H-pyrrole nitrogens is 1. The van der Waals surface area contributed by atoms with Crippen LogP contribution in [0, 0.1) is 20.8 Å². The molecule has 0 aliphatic heterocycles. The van der Waals surface area contributed by atoms with Crippen LogP contribution in [-0.4, -0.2) is 18.2 Å². The maximum Gasteiger partial charge on any atom is 0.217 e. The number of aromatic nitrogens is 1. The summed E-state index contributed by atoms with van der Waals surface area (Å²) in [5.41, 5.74) is 5.41. The predicted molar refractivity (Wildman–Crippen MR) is 91.2 cm³/mol. The van der Waals surface area contributed by atoms with Crippen LogP contribution in [-0.2, 0) is 6.54 Å². The SMILES string of the molecule is C=CC[NH+](CC=C)Cc1c(C)[nH+]c2c(C)c(C)ccc2c1O. The first-order chi connectivity index (χ1) is 10.5. The second-order valence-electron chi connectivity index (χ2n) is 5.92. The van der Waals surface area contributed by atoms with Crippen LogP contribution in [0.25, 0.3) is 10.9 Å². The van der Waals surface area contributed by atoms with Gasteiger partial charge >= 0.3 is 0 Å². The van der Waals surface area contributed by atoms with Crippen LogP contribution >= 0.6 is 0 Å². The van der Waals surface area contributed by atoms with Crippen molar-refractivity contribution in [3.63, 3.8) is 0 Å². The van der Waals surface area contributed by atoms with Gasteiger partial charge in [0.15, 0.2) is 5.69 Å². The molecule has 0 radical (unpaired) electrons. The van der Waals surface area contributed by atoms with Crippen LogP contribution in [0.1, 0.15) is 22.4 Å². The highest BCUT2D eigenvalue weighted by atomic mass is 16.3. The van der Waals surface area contributed by atoms with Crippen LogP contribution in [0.4, 0.5) is 0 Å². The van der Waals surface area contributed by atoms with Crippen molar-refractivity contribution in [3.05, 3.63) is 59.8 Å². The monoisotopic (exact) mass is 298 g/mol. The normalized spacial score (nSPS) is 11.1. The fourth-order valence-electron chi connectivity index (χ4n) is 2.88. The Labute approximate surface area is 132 Å². The van der Waals surface area contributed by atoms with Crippen LogP contribution in [0.15, 0.2) is 37.4 Å². The van der Waals surface area contributed by atoms with Crippen molar-refractivity contribution in [1.82, 2.24) is 0 Å². The van der Waals surface area contributed by atoms with Crippen molar-refractivity contribution in [2.45, 2.75) is 27.3 Å². The summed E-state index contributed by atoms with van der Waals surface area (Å²) in [6.07, 6.45) is 3.81. The molecule has 2 rings (SSSR count). The molecule has 1 aromatic carbocycles. The highest BCUT2D eigenvalue weighted by molar-refractivity contribution is 5.86. The van der Waals surface area contributed by atoms with E-state index in [4.69, 9.17) is 0 Å². The van der Waals surface area contributed by atoms with E-state index in [1.807, 2.05) is 25.1 Å². The zero-order chi connectivity index (χ0) is 16.3. The molecule has 22 heavy (non-hydrogen) atoms. The van der Waals surface area contributed by atoms with Gasteiger partial charge in [0, 0.05) is 12.5 Å². The second kappa shape index (κ2) is 6.75. The highest BCUT2D eigenvalue weighted by Crippen LogP contribution is 2.29. The van der Waals surface area contributed by atoms with Crippen LogP contribution in [0.3, 0.4) is 0 Å². The van der Waals surface area contributed by atoms with Gasteiger partial charge in [-0.3, -0.25) is 0 Å². The molecule has 0 bridgehead atoms. The summed E-state index contributed by atoms with van der Waals surface area (Å²) < 4.78 is 0. The van der Waals surface area contributed by atoms with E-state index in [1.165, 1.54) is 16.0 Å². The molecule has 2 aromatic rings. The van der Waals surface area contributed by atoms with Gasteiger partial charge in [0.05, 0.1) is 18.5 Å². The first-order valence-electron chi connectivity index (χ1n) is 7.68. The minimum atomic E-state index is 0.389. The van der Waals surface area contributed by atoms with Gasteiger partial charge in [0.25, 0.3) is 0 Å². The lowest BCUT2D eigenvalue weighted by atomic mass is 10.0. The van der Waals surface area contributed by atoms with Crippen LogP contribution in [0.2, 0.25) is 0 Å². The number of nitrogens with one attached hydrogen (secondary N) is 2. The smallest absolute Gasteiger partial charge is 0.217 e. The largest absolute Gasteiger partial charge is 0.506 e. The molecule has 0 saturated heterocycles. The first-order valence-corrected chi connectivity index (χ1v) is 7.68. The maximum absolute atomic E-state index is 10.7. The van der Waals surface area contributed by atoms with E-state index in [0.717, 1.165) is 41.8 Å². The van der Waals surface area contributed by atoms with Gasteiger partial charge in [-0.05, 0) is 37.6 Å². The van der Waals surface area contributed by atoms with Gasteiger partial charge < -0.3 is 10.0 Å². The van der Waals surface area contributed by atoms with Gasteiger partial charge in [-0.25, -0.2) is 4.98 Å². The Balaban J connectivity index is 2.53. The lowest BCUT2D eigenvalue weighted by Gasteiger charge is -2.17. The number of quaternary nitrogens is 1. The van der Waals surface area contributed by atoms with E-state index in [0.29, 0.717) is 5.75 Å². The molecule has 0 aliphatic rings. The van der Waals surface area contributed by atoms with Crippen molar-refractivity contribution in [1.29, 1.82) is 0 Å². The standard InChI is InChI=1S/C19H24N2O/c1-6-10-21(11-7-2)12-17-15(5)20-18-14(4)13(3)8-9-16(18)19(17)22/h6-9H,1-2,10-12H2,3-5H3,(H,20,22)/p+2. The third kappa shape index (κ3) is 3.04. The molecule has 116 valence electrons. The summed E-state index contributed by atoms with van der Waals surface area (Å²) in [6.45, 7) is 16.3. The molecule has 0 amide bonds. The summed E-state index contributed by atoms with van der Waals surface area (Å²) in [5.74, 6) is 0.389. The number of aromatic hydroxyl groups is 1. The minimum Gasteiger partial charge on any atom is -0.506 e. The first kappa shape index (κ1) is 16.2. The van der Waals surface area contributed by atoms with Crippen molar-refractivity contribution in [3.8, 4) is 5.75 Å². The van der Waals surface area contributed by atoms with E-state index in [1.54, 1.807) is 0 Å². The predicted octanol–water partition coefficient (Wildman–Crippen LogP) is 2.04. The lowest BCUT2D eigenvalue weighted by Crippen LogP contribution is -3.10. The molecule has 3 heteroatoms. The average Bonchev–Trinajstić information content (AvgIpc) is 2.48. The van der Waals surface area contributed by atoms with E-state index in [-0.39, 0.29) is 0 Å². The van der Waals surface area contributed by atoms with Crippen molar-refractivity contribution in [2.24, 2.45) is 0 Å². The van der Waals surface area contributed by atoms with Gasteiger partial charge in [-0.15, -0.1) is 0 Å². The number of hydrogen-bond acceptors (Lipinski definition) is 1. The average molecular weight is 298 g/mol. The van der Waals surface area contributed by atoms with E-state index >= 15 is 0 Å². The Bertz CT molecular complexity index is 709. The number of fused-ring (bicyclic) bond motifs is 1. The molecule has 0 saturated carbocycles. The van der Waals surface area contributed by atoms with E-state index in [9.17, 15) is 5.11 Å². The summed E-state index contributed by atoms with van der Waals surface area (Å²) in [4.78, 5) is 4.78. The Morgan fingerprint density at radius 3 is 2.36 bits per heavy atom. The molecule has 1 heterocycles. The second-order valence-corrected chi connectivity index (χ2v) is 5.92. The molecular weight excluding hydrogens is 272 g/mol. The molecule has 0 atom stereocenters. The third-order valence-electron chi connectivity index (χ3n) is 4.33. The van der Waals surface area contributed by atoms with Gasteiger partial charge in [0.2, 0.25) is 5.52 Å². The number of aromatic amines is 1. The third-order valence-corrected chi connectivity index (χ3v) is 4.33. The van der Waals surface area contributed by atoms with Gasteiger partial charge in [-0.2, -0.15) is 0 Å². The zero-order valence-corrected chi connectivity index (χ0v) is 13.8. The zero-order valence-electron chi connectivity index (χ0n) is 13.8. The molecule has 0 fully saturated rings. The van der Waals surface area contributed by atoms with E-state index in [2.05, 4.69) is 38.1 Å². The summed E-state index contributed by atoms with van der Waals surface area (Å²) in [5, 5.41) is 11.6. The molecule has 0 spiro atoms. The number of aryl methyl sites for hydroxylation is 3. The Morgan fingerprint density at radius 1 is 1.14 bits per heavy atom. The van der Waals surface area contributed by atoms with Gasteiger partial charge in [0.1, 0.15) is 17.9 Å². The van der Waals surface area contributed by atoms with Crippen molar-refractivity contribution >= 4 is 10.9 Å². The molecule has 3 N–H and O–H groups in total. The van der Waals surface area contributed by atoms with Crippen LogP contribution in [0.5, 0.6) is 5.75 Å². The minimum absolute atomic E-state index is 0.389. The maximum atomic E-state index is 10.7. The molecule has 1 aromatic heterocycles. The van der Waals surface area contributed by atoms with E-state index < -0.39 is 0 Å². The number of benzene rings is 1. The fraction of sp³-hybridized carbons (Fsp3) is 0.316. The Kier molecular flexibility index (Phi) is 4.99. The van der Waals surface area contributed by atoms with Crippen molar-refractivity contribution in [2.75, 3.05) is 13.1 Å². The van der Waals surface area contributed by atoms with Gasteiger partial charge in [-0.1, -0.05) is 19.2 Å². The molecule has 0 unspecified atom stereocenters. The Hall–Kier alpha value is -2.13. The summed E-state index contributed by atoms with van der Waals surface area (Å²) in [6, 6.07) is 4.05. The number of hydrogen-bond donors (Lipinski definition) is 2. The number of pyridine rings is 1.